The van der Waals surface area contributed by atoms with Gasteiger partial charge in [0.25, 0.3) is 0 Å². The number of nitrogens with zero attached hydrogens (tertiary/aromatic N) is 4. The van der Waals surface area contributed by atoms with Crippen LogP contribution in [0.25, 0.3) is 10.6 Å². The van der Waals surface area contributed by atoms with E-state index in [0.29, 0.717) is 22.0 Å². The summed E-state index contributed by atoms with van der Waals surface area (Å²) >= 11 is 1.22. The zero-order valence-electron chi connectivity index (χ0n) is 37.2. The second kappa shape index (κ2) is 19.1. The summed E-state index contributed by atoms with van der Waals surface area (Å²) in [5.74, 6) is -8.95. The Hall–Kier alpha value is -4.07. The number of aliphatic hydroxyl groups is 1. The van der Waals surface area contributed by atoms with Crippen LogP contribution < -0.4 is 5.73 Å². The first-order valence-corrected chi connectivity index (χ1v) is 21.7. The molecule has 3 saturated heterocycles. The Bertz CT molecular complexity index is 1950. The molecule has 61 heavy (non-hydrogen) atoms. The maximum atomic E-state index is 14.8. The number of carbonyl (C=O) groups excluding carboxylic acids is 4. The Balaban J connectivity index is 1.50. The number of phenolic OH excluding ortho intramolecular Hbond substituents is 1. The number of amidine groups is 1. The molecule has 3 fully saturated rings. The second-order valence-corrected chi connectivity index (χ2v) is 18.6. The van der Waals surface area contributed by atoms with Gasteiger partial charge in [-0.15, -0.1) is 10.2 Å². The van der Waals surface area contributed by atoms with Gasteiger partial charge in [0.05, 0.1) is 17.8 Å². The van der Waals surface area contributed by atoms with Crippen molar-refractivity contribution in [3.05, 3.63) is 29.3 Å². The number of likely N-dealkylation sites (N-methyl/N-ethyl adjacent to an activating group) is 1. The number of benzene rings is 1. The van der Waals surface area contributed by atoms with Crippen molar-refractivity contribution < 1.29 is 57.9 Å². The minimum atomic E-state index is -1.59. The van der Waals surface area contributed by atoms with Crippen LogP contribution in [0.3, 0.4) is 0 Å². The van der Waals surface area contributed by atoms with Gasteiger partial charge in [-0.25, -0.2) is 0 Å². The van der Waals surface area contributed by atoms with Gasteiger partial charge >= 0.3 is 11.9 Å². The number of rotatable bonds is 10. The summed E-state index contributed by atoms with van der Waals surface area (Å²) in [6, 6.07) is 6.26. The number of hydrogen-bond donors (Lipinski definition) is 3. The third-order valence-electron chi connectivity index (χ3n) is 12.9. The average molecular weight is 874 g/mol. The molecule has 0 aliphatic carbocycles. The van der Waals surface area contributed by atoms with Crippen LogP contribution in [0.2, 0.25) is 0 Å². The molecule has 2 aromatic rings. The second-order valence-electron chi connectivity index (χ2n) is 17.6. The zero-order chi connectivity index (χ0) is 45.3. The monoisotopic (exact) mass is 873 g/mol. The van der Waals surface area contributed by atoms with Crippen molar-refractivity contribution in [3.63, 3.8) is 0 Å². The molecule has 0 spiro atoms. The largest absolute Gasteiger partial charge is 0.508 e. The number of cyclic esters (lactones) is 1. The van der Waals surface area contributed by atoms with Crippen LogP contribution >= 0.6 is 11.3 Å². The van der Waals surface area contributed by atoms with Crippen LogP contribution in [0.5, 0.6) is 5.75 Å². The topological polar surface area (TPSA) is 232 Å². The van der Waals surface area contributed by atoms with E-state index in [1.165, 1.54) is 25.4 Å². The Morgan fingerprint density at radius 2 is 1.75 bits per heavy atom. The predicted octanol–water partition coefficient (Wildman–Crippen LogP) is 4.43. The number of oxime groups is 1. The van der Waals surface area contributed by atoms with E-state index in [1.807, 2.05) is 25.9 Å². The van der Waals surface area contributed by atoms with Gasteiger partial charge in [0.1, 0.15) is 40.6 Å². The molecule has 15 atom stereocenters. The van der Waals surface area contributed by atoms with Crippen molar-refractivity contribution in [2.45, 2.75) is 136 Å². The quantitative estimate of drug-likeness (QED) is 0.0985. The van der Waals surface area contributed by atoms with Crippen molar-refractivity contribution in [2.75, 3.05) is 21.2 Å². The van der Waals surface area contributed by atoms with Crippen LogP contribution in [0.1, 0.15) is 92.7 Å². The third kappa shape index (κ3) is 9.79. The summed E-state index contributed by atoms with van der Waals surface area (Å²) in [5.41, 5.74) is 4.32. The van der Waals surface area contributed by atoms with Crippen LogP contribution in [0.15, 0.2) is 29.4 Å². The van der Waals surface area contributed by atoms with Gasteiger partial charge in [0.15, 0.2) is 34.6 Å². The summed E-state index contributed by atoms with van der Waals surface area (Å²) in [4.78, 5) is 64.8. The molecule has 0 amide bonds. The van der Waals surface area contributed by atoms with E-state index in [1.54, 1.807) is 72.7 Å². The molecule has 1 aromatic heterocycles. The molecule has 5 rings (SSSR count). The van der Waals surface area contributed by atoms with E-state index in [4.69, 9.17) is 34.3 Å². The van der Waals surface area contributed by atoms with Crippen molar-refractivity contribution in [3.8, 4) is 16.3 Å². The molecule has 1 aromatic carbocycles. The number of aromatic hydroxyl groups is 1. The SMILES string of the molecule is CC[C@@H]1OC(=O)[C@H](C)C(=O)[C@H](C)[C@@H](OC2O[C@H](C)C[C@H](N(C)C)[C@H]2O)[C@](C)(OC)C[C@@H](C)C(=O)[C@H](C)[C@H]2[C@H](/C(N)=N/O[C@@H](C)c3nnc(-c4cccc(O)c4)s3)C(=O)O[C@@]21C. The number of carbonyl (C=O) groups is 4. The first-order chi connectivity index (χ1) is 28.6. The van der Waals surface area contributed by atoms with Gasteiger partial charge in [-0.1, -0.05) is 56.3 Å². The van der Waals surface area contributed by atoms with Gasteiger partial charge in [-0.2, -0.15) is 0 Å². The molecule has 338 valence electrons. The molecule has 4 heterocycles. The third-order valence-corrected chi connectivity index (χ3v) is 14.0. The molecule has 4 N–H and O–H groups in total. The minimum Gasteiger partial charge on any atom is -0.508 e. The number of aliphatic hydroxyl groups excluding tert-OH is 1. The number of fused-ring (bicyclic) bond motifs is 1. The van der Waals surface area contributed by atoms with Gasteiger partial charge in [-0.05, 0) is 80.1 Å². The minimum absolute atomic E-state index is 0.0417. The lowest BCUT2D eigenvalue weighted by atomic mass is 9.67. The highest BCUT2D eigenvalue weighted by molar-refractivity contribution is 7.14. The Morgan fingerprint density at radius 1 is 1.07 bits per heavy atom. The molecule has 18 heteroatoms. The first-order valence-electron chi connectivity index (χ1n) is 20.9. The van der Waals surface area contributed by atoms with Gasteiger partial charge < -0.3 is 49.4 Å². The smallest absolute Gasteiger partial charge is 0.317 e. The molecule has 0 radical (unpaired) electrons. The molecule has 0 saturated carbocycles. The van der Waals surface area contributed by atoms with Gasteiger partial charge in [0, 0.05) is 42.4 Å². The summed E-state index contributed by atoms with van der Waals surface area (Å²) in [7, 11) is 5.15. The summed E-state index contributed by atoms with van der Waals surface area (Å²) in [6.45, 7) is 15.1. The first kappa shape index (κ1) is 48.0. The lowest BCUT2D eigenvalue weighted by Crippen LogP contribution is -2.59. The maximum Gasteiger partial charge on any atom is 0.317 e. The number of ketones is 2. The molecular formula is C43H63N5O12S. The number of ether oxygens (including phenoxy) is 5. The van der Waals surface area contributed by atoms with E-state index in [9.17, 15) is 29.4 Å². The summed E-state index contributed by atoms with van der Waals surface area (Å²) in [5, 5.41) is 34.9. The number of hydrogen-bond acceptors (Lipinski definition) is 17. The number of aromatic nitrogens is 2. The Labute approximate surface area is 361 Å². The number of esters is 2. The van der Waals surface area contributed by atoms with Crippen molar-refractivity contribution in [2.24, 2.45) is 46.4 Å². The summed E-state index contributed by atoms with van der Waals surface area (Å²) in [6.07, 6.45) is -4.79. The fourth-order valence-corrected chi connectivity index (χ4v) is 10.2. The van der Waals surface area contributed by atoms with E-state index < -0.39 is 95.1 Å². The Kier molecular flexibility index (Phi) is 15.0. The lowest BCUT2D eigenvalue weighted by molar-refractivity contribution is -0.295. The van der Waals surface area contributed by atoms with Crippen molar-refractivity contribution in [1.82, 2.24) is 15.1 Å². The molecular weight excluding hydrogens is 811 g/mol. The average Bonchev–Trinajstić information content (AvgIpc) is 3.82. The van der Waals surface area contributed by atoms with Crippen molar-refractivity contribution in [1.29, 1.82) is 0 Å². The Morgan fingerprint density at radius 3 is 2.38 bits per heavy atom. The van der Waals surface area contributed by atoms with E-state index in [-0.39, 0.29) is 42.4 Å². The van der Waals surface area contributed by atoms with Crippen LogP contribution in [0.4, 0.5) is 0 Å². The standard InChI is InChI=1S/C43H63N5O12S/c1-13-29-43(9)31(30(40(54)59-43)36(44)47-60-25(7)37-45-46-38(61-37)26-15-14-16-27(49)18-26)22(4)32(50)20(2)19-42(8,55-12)35(23(5)33(51)24(6)39(53)57-29)58-41-34(52)28(48(10)11)17-21(3)56-41/h14-16,18,20-25,28-31,34-35,41,49,52H,13,17,19H2,1-12H3,(H2,44,47)/t20-,21-,22-,23+,24-,25+,28+,29+,30-,31+,34-,35-,41?,42-,43-/m1/s1. The van der Waals surface area contributed by atoms with E-state index in [0.717, 1.165) is 0 Å². The van der Waals surface area contributed by atoms with Crippen LogP contribution in [0, 0.1) is 35.5 Å². The lowest BCUT2D eigenvalue weighted by Gasteiger charge is -2.47. The molecule has 0 bridgehead atoms. The predicted molar refractivity (Wildman–Crippen MR) is 224 cm³/mol. The normalized spacial score (nSPS) is 37.4. The van der Waals surface area contributed by atoms with E-state index in [2.05, 4.69) is 15.4 Å². The number of methoxy groups -OCH3 is 1. The van der Waals surface area contributed by atoms with Crippen LogP contribution in [-0.2, 0) is 47.7 Å². The molecule has 17 nitrogen and oxygen atoms in total. The fourth-order valence-electron chi connectivity index (χ4n) is 9.34. The molecule has 1 unspecified atom stereocenters. The zero-order valence-corrected chi connectivity index (χ0v) is 38.0. The highest BCUT2D eigenvalue weighted by Crippen LogP contribution is 2.48. The fraction of sp³-hybridized carbons (Fsp3) is 0.698. The highest BCUT2D eigenvalue weighted by atomic mass is 32.1. The van der Waals surface area contributed by atoms with Crippen LogP contribution in [-0.4, -0.2) is 124 Å². The maximum absolute atomic E-state index is 14.8. The van der Waals surface area contributed by atoms with E-state index >= 15 is 0 Å². The highest BCUT2D eigenvalue weighted by Gasteiger charge is 2.63. The molecule has 3 aliphatic rings. The molecule has 3 aliphatic heterocycles. The summed E-state index contributed by atoms with van der Waals surface area (Å²) < 4.78 is 31.1. The van der Waals surface area contributed by atoms with Gasteiger partial charge in [0.2, 0.25) is 0 Å². The number of Topliss-reactive ketones (excluding diaryl/α,β-unsaturated/α-hetero) is 2. The number of phenols is 1. The number of nitrogens with two attached hydrogens (primary N) is 1. The van der Waals surface area contributed by atoms with Crippen molar-refractivity contribution >= 4 is 40.7 Å². The van der Waals surface area contributed by atoms with Gasteiger partial charge in [-0.3, -0.25) is 19.2 Å².